The van der Waals surface area contributed by atoms with Crippen LogP contribution >= 0.6 is 0 Å². The van der Waals surface area contributed by atoms with Crippen molar-refractivity contribution in [3.8, 4) is 0 Å². The number of rotatable bonds is 6. The Morgan fingerprint density at radius 3 is 2.73 bits per heavy atom. The summed E-state index contributed by atoms with van der Waals surface area (Å²) in [5.41, 5.74) is 2.36. The summed E-state index contributed by atoms with van der Waals surface area (Å²) in [4.78, 5) is 15.1. The van der Waals surface area contributed by atoms with E-state index in [0.717, 1.165) is 0 Å². The van der Waals surface area contributed by atoms with Crippen LogP contribution in [0.5, 0.6) is 0 Å². The van der Waals surface area contributed by atoms with Gasteiger partial charge >= 0.3 is 0 Å². The third-order valence-electron chi connectivity index (χ3n) is 1.49. The minimum Gasteiger partial charge on any atom is -0.383 e. The summed E-state index contributed by atoms with van der Waals surface area (Å²) in [5.74, 6) is 5.41. The van der Waals surface area contributed by atoms with Crippen molar-refractivity contribution in [2.24, 2.45) is 10.8 Å². The molecule has 0 aliphatic carbocycles. The lowest BCUT2D eigenvalue weighted by Crippen LogP contribution is -2.42. The summed E-state index contributed by atoms with van der Waals surface area (Å²) in [6.07, 6.45) is 0. The zero-order valence-corrected chi connectivity index (χ0v) is 9.17. The highest BCUT2D eigenvalue weighted by Gasteiger charge is 1.99. The highest BCUT2D eigenvalue weighted by molar-refractivity contribution is 5.84. The van der Waals surface area contributed by atoms with Crippen molar-refractivity contribution in [1.29, 1.82) is 0 Å². The van der Waals surface area contributed by atoms with E-state index in [1.54, 1.807) is 7.11 Å². The largest absolute Gasteiger partial charge is 0.383 e. The lowest BCUT2D eigenvalue weighted by Gasteiger charge is -2.06. The van der Waals surface area contributed by atoms with E-state index in [1.807, 2.05) is 6.92 Å². The molecule has 1 amide bonds. The molecule has 0 spiro atoms. The van der Waals surface area contributed by atoms with Gasteiger partial charge < -0.3 is 15.4 Å². The van der Waals surface area contributed by atoms with Gasteiger partial charge in [0.25, 0.3) is 0 Å². The van der Waals surface area contributed by atoms with Crippen molar-refractivity contribution in [2.75, 3.05) is 33.4 Å². The SMILES string of the molecule is CCNC(=NCC(=O)NCCOC)NN. The van der Waals surface area contributed by atoms with Crippen LogP contribution in [0.4, 0.5) is 0 Å². The Labute approximate surface area is 89.4 Å². The van der Waals surface area contributed by atoms with Crippen LogP contribution in [-0.4, -0.2) is 45.2 Å². The van der Waals surface area contributed by atoms with Crippen molar-refractivity contribution in [3.63, 3.8) is 0 Å². The quantitative estimate of drug-likeness (QED) is 0.138. The Hall–Kier alpha value is -1.34. The third kappa shape index (κ3) is 7.71. The van der Waals surface area contributed by atoms with E-state index >= 15 is 0 Å². The monoisotopic (exact) mass is 217 g/mol. The molecular formula is C8H19N5O2. The van der Waals surface area contributed by atoms with Crippen molar-refractivity contribution >= 4 is 11.9 Å². The van der Waals surface area contributed by atoms with Crippen LogP contribution in [-0.2, 0) is 9.53 Å². The second-order valence-electron chi connectivity index (χ2n) is 2.68. The number of nitrogens with zero attached hydrogens (tertiary/aromatic N) is 1. The van der Waals surface area contributed by atoms with E-state index in [4.69, 9.17) is 10.6 Å². The molecule has 0 fully saturated rings. The predicted octanol–water partition coefficient (Wildman–Crippen LogP) is -1.82. The van der Waals surface area contributed by atoms with Gasteiger partial charge in [0.1, 0.15) is 6.54 Å². The van der Waals surface area contributed by atoms with Crippen LogP contribution in [0.15, 0.2) is 4.99 Å². The molecule has 0 heterocycles. The van der Waals surface area contributed by atoms with E-state index < -0.39 is 0 Å². The number of amides is 1. The topological polar surface area (TPSA) is 101 Å². The fraction of sp³-hybridized carbons (Fsp3) is 0.750. The Bertz CT molecular complexity index is 207. The van der Waals surface area contributed by atoms with E-state index in [1.165, 1.54) is 0 Å². The maximum atomic E-state index is 11.2. The first-order chi connectivity index (χ1) is 7.24. The first-order valence-corrected chi connectivity index (χ1v) is 4.75. The number of guanidine groups is 1. The lowest BCUT2D eigenvalue weighted by molar-refractivity contribution is -0.119. The van der Waals surface area contributed by atoms with Gasteiger partial charge in [-0.1, -0.05) is 0 Å². The zero-order valence-electron chi connectivity index (χ0n) is 9.17. The molecule has 0 saturated heterocycles. The van der Waals surface area contributed by atoms with Gasteiger partial charge in [0.05, 0.1) is 6.61 Å². The molecule has 0 aliphatic heterocycles. The minimum atomic E-state index is -0.169. The molecule has 0 unspecified atom stereocenters. The van der Waals surface area contributed by atoms with Gasteiger partial charge in [-0.15, -0.1) is 0 Å². The number of nitrogens with two attached hydrogens (primary N) is 1. The second-order valence-corrected chi connectivity index (χ2v) is 2.68. The number of ether oxygens (including phenoxy) is 1. The molecule has 0 bridgehead atoms. The van der Waals surface area contributed by atoms with Gasteiger partial charge in [-0.2, -0.15) is 0 Å². The average molecular weight is 217 g/mol. The normalized spacial score (nSPS) is 11.0. The summed E-state index contributed by atoms with van der Waals surface area (Å²) < 4.78 is 4.78. The highest BCUT2D eigenvalue weighted by Crippen LogP contribution is 1.74. The van der Waals surface area contributed by atoms with Crippen LogP contribution in [0.3, 0.4) is 0 Å². The maximum absolute atomic E-state index is 11.2. The summed E-state index contributed by atoms with van der Waals surface area (Å²) in [5, 5.41) is 5.50. The Balaban J connectivity index is 3.74. The fourth-order valence-electron chi connectivity index (χ4n) is 0.819. The molecule has 0 rings (SSSR count). The van der Waals surface area contributed by atoms with Crippen molar-refractivity contribution in [3.05, 3.63) is 0 Å². The van der Waals surface area contributed by atoms with Crippen molar-refractivity contribution < 1.29 is 9.53 Å². The molecule has 0 saturated carbocycles. The Morgan fingerprint density at radius 1 is 1.47 bits per heavy atom. The number of carbonyl (C=O) groups excluding carboxylic acids is 1. The van der Waals surface area contributed by atoms with Gasteiger partial charge in [-0.05, 0) is 6.92 Å². The summed E-state index contributed by atoms with van der Waals surface area (Å²) in [6.45, 7) is 3.61. The summed E-state index contributed by atoms with van der Waals surface area (Å²) in [6, 6.07) is 0. The second kappa shape index (κ2) is 9.22. The lowest BCUT2D eigenvalue weighted by atomic mass is 10.5. The van der Waals surface area contributed by atoms with Gasteiger partial charge in [0, 0.05) is 20.2 Å². The van der Waals surface area contributed by atoms with E-state index in [-0.39, 0.29) is 12.5 Å². The van der Waals surface area contributed by atoms with Gasteiger partial charge in [-0.25, -0.2) is 10.8 Å². The smallest absolute Gasteiger partial charge is 0.241 e. The van der Waals surface area contributed by atoms with Crippen LogP contribution < -0.4 is 21.9 Å². The number of aliphatic imine (C=N–C) groups is 1. The first kappa shape index (κ1) is 13.7. The van der Waals surface area contributed by atoms with E-state index in [0.29, 0.717) is 25.7 Å². The van der Waals surface area contributed by atoms with Crippen LogP contribution in [0.25, 0.3) is 0 Å². The van der Waals surface area contributed by atoms with Crippen LogP contribution in [0.1, 0.15) is 6.92 Å². The molecular weight excluding hydrogens is 198 g/mol. The predicted molar refractivity (Wildman–Crippen MR) is 58.2 cm³/mol. The maximum Gasteiger partial charge on any atom is 0.241 e. The van der Waals surface area contributed by atoms with Crippen LogP contribution in [0, 0.1) is 0 Å². The number of hydrazine groups is 1. The number of methoxy groups -OCH3 is 1. The van der Waals surface area contributed by atoms with Crippen molar-refractivity contribution in [2.45, 2.75) is 6.92 Å². The van der Waals surface area contributed by atoms with Crippen molar-refractivity contribution in [1.82, 2.24) is 16.1 Å². The number of hydrogen-bond acceptors (Lipinski definition) is 4. The molecule has 88 valence electrons. The summed E-state index contributed by atoms with van der Waals surface area (Å²) in [7, 11) is 1.58. The molecule has 15 heavy (non-hydrogen) atoms. The highest BCUT2D eigenvalue weighted by atomic mass is 16.5. The molecule has 0 radical (unpaired) electrons. The van der Waals surface area contributed by atoms with Gasteiger partial charge in [0.15, 0.2) is 0 Å². The van der Waals surface area contributed by atoms with Crippen LogP contribution in [0.2, 0.25) is 0 Å². The molecule has 0 aliphatic rings. The molecule has 0 aromatic heterocycles. The Morgan fingerprint density at radius 2 is 2.20 bits per heavy atom. The van der Waals surface area contributed by atoms with E-state index in [2.05, 4.69) is 21.1 Å². The first-order valence-electron chi connectivity index (χ1n) is 4.75. The zero-order chi connectivity index (χ0) is 11.5. The fourth-order valence-corrected chi connectivity index (χ4v) is 0.819. The number of carbonyl (C=O) groups is 1. The third-order valence-corrected chi connectivity index (χ3v) is 1.49. The molecule has 7 heteroatoms. The Kier molecular flexibility index (Phi) is 8.40. The number of nitrogens with one attached hydrogen (secondary N) is 3. The number of hydrogen-bond donors (Lipinski definition) is 4. The average Bonchev–Trinajstić information content (AvgIpc) is 2.24. The van der Waals surface area contributed by atoms with Gasteiger partial charge in [-0.3, -0.25) is 10.2 Å². The standard InChI is InChI=1S/C8H19N5O2/c1-3-10-8(13-9)12-6-7(14)11-4-5-15-2/h3-6,9H2,1-2H3,(H,11,14)(H2,10,12,13). The summed E-state index contributed by atoms with van der Waals surface area (Å²) >= 11 is 0. The molecule has 5 N–H and O–H groups in total. The minimum absolute atomic E-state index is 0.0379. The molecule has 0 aromatic carbocycles. The van der Waals surface area contributed by atoms with E-state index in [9.17, 15) is 4.79 Å². The van der Waals surface area contributed by atoms with Gasteiger partial charge in [0.2, 0.25) is 11.9 Å². The molecule has 0 aromatic rings. The molecule has 0 atom stereocenters. The molecule has 7 nitrogen and oxygen atoms in total.